The number of hydrogen-bond acceptors (Lipinski definition) is 1. The van der Waals surface area contributed by atoms with E-state index < -0.39 is 0 Å². The largest absolute Gasteiger partial charge is 0.284 e. The van der Waals surface area contributed by atoms with Crippen LogP contribution in [-0.4, -0.2) is 4.40 Å². The number of rotatable bonds is 1. The van der Waals surface area contributed by atoms with Gasteiger partial charge in [-0.3, -0.25) is 9.20 Å². The molecular weight excluding hydrogens is 246 g/mol. The summed E-state index contributed by atoms with van der Waals surface area (Å²) in [5, 5.41) is 0.691. The summed E-state index contributed by atoms with van der Waals surface area (Å²) in [6, 6.07) is 16.8. The van der Waals surface area contributed by atoms with Gasteiger partial charge in [-0.1, -0.05) is 29.8 Å². The van der Waals surface area contributed by atoms with Gasteiger partial charge in [0.25, 0.3) is 5.56 Å². The van der Waals surface area contributed by atoms with Crippen molar-refractivity contribution in [2.24, 2.45) is 0 Å². The summed E-state index contributed by atoms with van der Waals surface area (Å²) in [5.74, 6) is 0. The van der Waals surface area contributed by atoms with E-state index in [9.17, 15) is 4.79 Å². The number of aromatic nitrogens is 1. The van der Waals surface area contributed by atoms with Crippen LogP contribution in [0.3, 0.4) is 0 Å². The van der Waals surface area contributed by atoms with Crippen molar-refractivity contribution >= 4 is 17.1 Å². The van der Waals surface area contributed by atoms with Crippen LogP contribution < -0.4 is 5.56 Å². The van der Waals surface area contributed by atoms with E-state index in [2.05, 4.69) is 0 Å². The SMILES string of the molecule is O=c1cc(-c2ccc(Cl)cc2)cc2ccccn12. The van der Waals surface area contributed by atoms with Crippen molar-refractivity contribution in [3.8, 4) is 11.1 Å². The second-order valence-electron chi connectivity index (χ2n) is 4.08. The van der Waals surface area contributed by atoms with Crippen molar-refractivity contribution in [3.05, 3.63) is 76.2 Å². The molecule has 0 aliphatic heterocycles. The van der Waals surface area contributed by atoms with E-state index in [-0.39, 0.29) is 5.56 Å². The smallest absolute Gasteiger partial charge is 0.255 e. The van der Waals surface area contributed by atoms with Crippen LogP contribution in [0, 0.1) is 0 Å². The summed E-state index contributed by atoms with van der Waals surface area (Å²) in [5.41, 5.74) is 2.75. The predicted octanol–water partition coefficient (Wildman–Crippen LogP) is 3.62. The van der Waals surface area contributed by atoms with Crippen LogP contribution >= 0.6 is 11.6 Å². The fraction of sp³-hybridized carbons (Fsp3) is 0. The van der Waals surface area contributed by atoms with Crippen LogP contribution in [-0.2, 0) is 0 Å². The van der Waals surface area contributed by atoms with Crippen molar-refractivity contribution < 1.29 is 0 Å². The van der Waals surface area contributed by atoms with Gasteiger partial charge in [-0.25, -0.2) is 0 Å². The monoisotopic (exact) mass is 255 g/mol. The van der Waals surface area contributed by atoms with Crippen LogP contribution in [0.25, 0.3) is 16.6 Å². The first-order valence-corrected chi connectivity index (χ1v) is 5.99. The highest BCUT2D eigenvalue weighted by molar-refractivity contribution is 6.30. The minimum atomic E-state index is -0.0296. The number of pyridine rings is 2. The highest BCUT2D eigenvalue weighted by Crippen LogP contribution is 2.21. The fourth-order valence-corrected chi connectivity index (χ4v) is 2.11. The summed E-state index contributed by atoms with van der Waals surface area (Å²) >= 11 is 5.86. The molecule has 3 aromatic rings. The molecule has 2 heterocycles. The minimum Gasteiger partial charge on any atom is -0.284 e. The summed E-state index contributed by atoms with van der Waals surface area (Å²) in [6.45, 7) is 0. The molecule has 0 aliphatic carbocycles. The number of benzene rings is 1. The highest BCUT2D eigenvalue weighted by Gasteiger charge is 2.02. The normalized spacial score (nSPS) is 10.7. The minimum absolute atomic E-state index is 0.0296. The Balaban J connectivity index is 2.24. The standard InChI is InChI=1S/C15H10ClNO/c16-13-6-4-11(5-7-13)12-9-14-3-1-2-8-17(14)15(18)10-12/h1-10H. The first-order valence-electron chi connectivity index (χ1n) is 5.61. The molecule has 1 aromatic carbocycles. The lowest BCUT2D eigenvalue weighted by atomic mass is 10.1. The quantitative estimate of drug-likeness (QED) is 0.651. The number of halogens is 1. The van der Waals surface area contributed by atoms with Gasteiger partial charge in [0.1, 0.15) is 0 Å². The summed E-state index contributed by atoms with van der Waals surface area (Å²) in [7, 11) is 0. The Morgan fingerprint density at radius 2 is 1.67 bits per heavy atom. The molecule has 0 aliphatic rings. The molecular formula is C15H10ClNO. The van der Waals surface area contributed by atoms with Gasteiger partial charge < -0.3 is 0 Å². The summed E-state index contributed by atoms with van der Waals surface area (Å²) < 4.78 is 1.62. The van der Waals surface area contributed by atoms with Crippen molar-refractivity contribution in [3.63, 3.8) is 0 Å². The van der Waals surface area contributed by atoms with Gasteiger partial charge >= 0.3 is 0 Å². The second-order valence-corrected chi connectivity index (χ2v) is 4.52. The van der Waals surface area contributed by atoms with Gasteiger partial charge in [0.15, 0.2) is 0 Å². The van der Waals surface area contributed by atoms with E-state index in [1.54, 1.807) is 16.7 Å². The lowest BCUT2D eigenvalue weighted by molar-refractivity contribution is 1.10. The molecule has 0 amide bonds. The van der Waals surface area contributed by atoms with Crippen LogP contribution in [0.1, 0.15) is 0 Å². The summed E-state index contributed by atoms with van der Waals surface area (Å²) in [4.78, 5) is 12.0. The van der Waals surface area contributed by atoms with Gasteiger partial charge in [0.2, 0.25) is 0 Å². The molecule has 18 heavy (non-hydrogen) atoms. The Hall–Kier alpha value is -2.06. The van der Waals surface area contributed by atoms with Crippen LogP contribution in [0.4, 0.5) is 0 Å². The molecule has 0 unspecified atom stereocenters. The maximum absolute atomic E-state index is 12.0. The molecule has 3 heteroatoms. The first-order chi connectivity index (χ1) is 8.74. The van der Waals surface area contributed by atoms with Crippen LogP contribution in [0.5, 0.6) is 0 Å². The molecule has 0 fully saturated rings. The lowest BCUT2D eigenvalue weighted by Gasteiger charge is -2.05. The van der Waals surface area contributed by atoms with Crippen molar-refractivity contribution in [1.82, 2.24) is 4.40 Å². The average molecular weight is 256 g/mol. The zero-order valence-electron chi connectivity index (χ0n) is 9.51. The van der Waals surface area contributed by atoms with Crippen molar-refractivity contribution in [1.29, 1.82) is 0 Å². The Morgan fingerprint density at radius 3 is 2.44 bits per heavy atom. The van der Waals surface area contributed by atoms with Crippen molar-refractivity contribution in [2.75, 3.05) is 0 Å². The molecule has 3 rings (SSSR count). The first kappa shape index (κ1) is 11.1. The summed E-state index contributed by atoms with van der Waals surface area (Å²) in [6.07, 6.45) is 1.77. The Labute approximate surface area is 109 Å². The highest BCUT2D eigenvalue weighted by atomic mass is 35.5. The third-order valence-electron chi connectivity index (χ3n) is 2.89. The predicted molar refractivity (Wildman–Crippen MR) is 74.1 cm³/mol. The molecule has 0 radical (unpaired) electrons. The molecule has 0 spiro atoms. The Bertz CT molecular complexity index is 759. The van der Waals surface area contributed by atoms with Gasteiger partial charge in [0.05, 0.1) is 0 Å². The number of hydrogen-bond donors (Lipinski definition) is 0. The van der Waals surface area contributed by atoms with E-state index in [0.717, 1.165) is 16.6 Å². The fourth-order valence-electron chi connectivity index (χ4n) is 1.99. The topological polar surface area (TPSA) is 21.5 Å². The second kappa shape index (κ2) is 4.31. The molecule has 88 valence electrons. The maximum atomic E-state index is 12.0. The Morgan fingerprint density at radius 1 is 0.889 bits per heavy atom. The van der Waals surface area contributed by atoms with Gasteiger partial charge in [0, 0.05) is 22.8 Å². The average Bonchev–Trinajstić information content (AvgIpc) is 2.39. The maximum Gasteiger partial charge on any atom is 0.255 e. The molecule has 0 saturated carbocycles. The van der Waals surface area contributed by atoms with Gasteiger partial charge in [-0.15, -0.1) is 0 Å². The molecule has 0 saturated heterocycles. The van der Waals surface area contributed by atoms with Crippen LogP contribution in [0.15, 0.2) is 65.6 Å². The molecule has 0 atom stereocenters. The lowest BCUT2D eigenvalue weighted by Crippen LogP contribution is -2.11. The number of nitrogens with zero attached hydrogens (tertiary/aromatic N) is 1. The van der Waals surface area contributed by atoms with E-state index in [1.807, 2.05) is 48.5 Å². The van der Waals surface area contributed by atoms with Crippen molar-refractivity contribution in [2.45, 2.75) is 0 Å². The molecule has 2 nitrogen and oxygen atoms in total. The third-order valence-corrected chi connectivity index (χ3v) is 3.14. The van der Waals surface area contributed by atoms with E-state index >= 15 is 0 Å². The molecule has 0 bridgehead atoms. The Kier molecular flexibility index (Phi) is 2.65. The zero-order valence-corrected chi connectivity index (χ0v) is 10.3. The molecule has 2 aromatic heterocycles. The van der Waals surface area contributed by atoms with E-state index in [1.165, 1.54) is 0 Å². The zero-order chi connectivity index (χ0) is 12.5. The third kappa shape index (κ3) is 1.91. The molecule has 0 N–H and O–H groups in total. The number of fused-ring (bicyclic) bond motifs is 1. The van der Waals surface area contributed by atoms with E-state index in [0.29, 0.717) is 5.02 Å². The van der Waals surface area contributed by atoms with Crippen LogP contribution in [0.2, 0.25) is 5.02 Å². The van der Waals surface area contributed by atoms with Gasteiger partial charge in [-0.05, 0) is 41.5 Å². The van der Waals surface area contributed by atoms with E-state index in [4.69, 9.17) is 11.6 Å². The van der Waals surface area contributed by atoms with Gasteiger partial charge in [-0.2, -0.15) is 0 Å².